The summed E-state index contributed by atoms with van der Waals surface area (Å²) in [6.45, 7) is 4.42. The van der Waals surface area contributed by atoms with Gasteiger partial charge in [-0.05, 0) is 43.7 Å². The molecule has 0 spiro atoms. The molecule has 1 saturated heterocycles. The third kappa shape index (κ3) is 2.89. The number of carbonyl (C=O) groups is 2. The molecule has 1 aliphatic heterocycles. The highest BCUT2D eigenvalue weighted by molar-refractivity contribution is 6.03. The number of anilines is 1. The summed E-state index contributed by atoms with van der Waals surface area (Å²) in [6.07, 6.45) is 0. The lowest BCUT2D eigenvalue weighted by Gasteiger charge is -2.39. The van der Waals surface area contributed by atoms with Gasteiger partial charge in [0.2, 0.25) is 5.91 Å². The first-order chi connectivity index (χ1) is 11.5. The van der Waals surface area contributed by atoms with E-state index in [1.165, 1.54) is 23.1 Å². The Hall–Kier alpha value is -2.69. The summed E-state index contributed by atoms with van der Waals surface area (Å²) in [5, 5.41) is 0. The fourth-order valence-corrected chi connectivity index (χ4v) is 2.99. The van der Waals surface area contributed by atoms with E-state index < -0.39 is 17.8 Å². The molecule has 3 rings (SSSR count). The first-order valence-corrected chi connectivity index (χ1v) is 7.92. The predicted octanol–water partition coefficient (Wildman–Crippen LogP) is 3.01. The van der Waals surface area contributed by atoms with Crippen LogP contribution < -0.4 is 4.90 Å². The summed E-state index contributed by atoms with van der Waals surface area (Å²) in [6, 6.07) is 12.9. The molecule has 2 aromatic rings. The van der Waals surface area contributed by atoms with Crippen LogP contribution in [0, 0.1) is 12.7 Å². The van der Waals surface area contributed by atoms with Crippen LogP contribution in [-0.4, -0.2) is 35.8 Å². The van der Waals surface area contributed by atoms with E-state index in [4.69, 9.17) is 0 Å². The van der Waals surface area contributed by atoms with Crippen molar-refractivity contribution in [2.24, 2.45) is 0 Å². The van der Waals surface area contributed by atoms with Crippen molar-refractivity contribution in [1.82, 2.24) is 4.90 Å². The van der Waals surface area contributed by atoms with Crippen molar-refractivity contribution >= 4 is 17.5 Å². The van der Waals surface area contributed by atoms with Gasteiger partial charge in [0.25, 0.3) is 5.91 Å². The van der Waals surface area contributed by atoms with Crippen LogP contribution in [0.1, 0.15) is 22.8 Å². The zero-order valence-corrected chi connectivity index (χ0v) is 13.7. The van der Waals surface area contributed by atoms with Gasteiger partial charge in [0.15, 0.2) is 0 Å². The highest BCUT2D eigenvalue weighted by atomic mass is 19.1. The van der Waals surface area contributed by atoms with E-state index in [-0.39, 0.29) is 11.5 Å². The Morgan fingerprint density at radius 1 is 1.12 bits per heavy atom. The Morgan fingerprint density at radius 3 is 2.58 bits per heavy atom. The summed E-state index contributed by atoms with van der Waals surface area (Å²) in [5.74, 6) is -1.17. The lowest BCUT2D eigenvalue weighted by molar-refractivity contribution is -0.124. The third-order valence-corrected chi connectivity index (χ3v) is 4.33. The SMILES string of the molecule is Cc1cccc(N2CCN(C(=O)c3ccccc3F)C(C)C2=O)c1. The number of hydrogen-bond acceptors (Lipinski definition) is 2. The quantitative estimate of drug-likeness (QED) is 0.851. The van der Waals surface area contributed by atoms with Gasteiger partial charge in [-0.25, -0.2) is 4.39 Å². The van der Waals surface area contributed by atoms with Crippen molar-refractivity contribution in [3.63, 3.8) is 0 Å². The van der Waals surface area contributed by atoms with Crippen LogP contribution in [0.15, 0.2) is 48.5 Å². The summed E-state index contributed by atoms with van der Waals surface area (Å²) in [4.78, 5) is 28.4. The van der Waals surface area contributed by atoms with Crippen LogP contribution in [0.4, 0.5) is 10.1 Å². The van der Waals surface area contributed by atoms with E-state index in [1.54, 1.807) is 17.9 Å². The number of amides is 2. The van der Waals surface area contributed by atoms with Gasteiger partial charge >= 0.3 is 0 Å². The molecule has 24 heavy (non-hydrogen) atoms. The van der Waals surface area contributed by atoms with E-state index in [0.29, 0.717) is 13.1 Å². The highest BCUT2D eigenvalue weighted by Gasteiger charge is 2.35. The van der Waals surface area contributed by atoms with Crippen LogP contribution in [0.3, 0.4) is 0 Å². The summed E-state index contributed by atoms with van der Waals surface area (Å²) >= 11 is 0. The van der Waals surface area contributed by atoms with Gasteiger partial charge in [-0.15, -0.1) is 0 Å². The molecule has 0 saturated carbocycles. The fourth-order valence-electron chi connectivity index (χ4n) is 2.99. The molecule has 0 aliphatic carbocycles. The first kappa shape index (κ1) is 16.2. The molecule has 2 amide bonds. The predicted molar refractivity (Wildman–Crippen MR) is 90.4 cm³/mol. The topological polar surface area (TPSA) is 40.6 Å². The van der Waals surface area contributed by atoms with Crippen LogP contribution in [0.25, 0.3) is 0 Å². The van der Waals surface area contributed by atoms with Gasteiger partial charge in [0, 0.05) is 18.8 Å². The van der Waals surface area contributed by atoms with E-state index in [9.17, 15) is 14.0 Å². The molecule has 0 N–H and O–H groups in total. The van der Waals surface area contributed by atoms with Gasteiger partial charge in [-0.1, -0.05) is 24.3 Å². The second-order valence-corrected chi connectivity index (χ2v) is 5.98. The molecule has 0 radical (unpaired) electrons. The summed E-state index contributed by atoms with van der Waals surface area (Å²) in [7, 11) is 0. The smallest absolute Gasteiger partial charge is 0.257 e. The number of nitrogens with zero attached hydrogens (tertiary/aromatic N) is 2. The van der Waals surface area contributed by atoms with E-state index in [0.717, 1.165) is 11.3 Å². The Bertz CT molecular complexity index is 790. The monoisotopic (exact) mass is 326 g/mol. The lowest BCUT2D eigenvalue weighted by Crippen LogP contribution is -2.57. The minimum atomic E-state index is -0.633. The number of aryl methyl sites for hydroxylation is 1. The number of carbonyl (C=O) groups excluding carboxylic acids is 2. The third-order valence-electron chi connectivity index (χ3n) is 4.33. The average molecular weight is 326 g/mol. The number of hydrogen-bond donors (Lipinski definition) is 0. The van der Waals surface area contributed by atoms with Gasteiger partial charge in [0.05, 0.1) is 5.56 Å². The number of benzene rings is 2. The maximum Gasteiger partial charge on any atom is 0.257 e. The number of piperazine rings is 1. The zero-order valence-electron chi connectivity index (χ0n) is 13.7. The molecule has 0 aromatic heterocycles. The highest BCUT2D eigenvalue weighted by Crippen LogP contribution is 2.23. The van der Waals surface area contributed by atoms with Crippen LogP contribution in [0.5, 0.6) is 0 Å². The van der Waals surface area contributed by atoms with E-state index in [2.05, 4.69) is 0 Å². The molecule has 5 heteroatoms. The normalized spacial score (nSPS) is 18.0. The van der Waals surface area contributed by atoms with Gasteiger partial charge in [-0.3, -0.25) is 9.59 Å². The molecule has 1 fully saturated rings. The van der Waals surface area contributed by atoms with Gasteiger partial charge in [-0.2, -0.15) is 0 Å². The van der Waals surface area contributed by atoms with E-state index in [1.807, 2.05) is 31.2 Å². The van der Waals surface area contributed by atoms with Crippen LogP contribution >= 0.6 is 0 Å². The van der Waals surface area contributed by atoms with Crippen LogP contribution in [0.2, 0.25) is 0 Å². The largest absolute Gasteiger partial charge is 0.325 e. The maximum absolute atomic E-state index is 13.9. The second-order valence-electron chi connectivity index (χ2n) is 5.98. The molecule has 1 atom stereocenters. The Kier molecular flexibility index (Phi) is 4.34. The van der Waals surface area contributed by atoms with Crippen molar-refractivity contribution in [3.05, 3.63) is 65.5 Å². The van der Waals surface area contributed by atoms with Gasteiger partial charge in [0.1, 0.15) is 11.9 Å². The minimum Gasteiger partial charge on any atom is -0.325 e. The molecule has 1 aliphatic rings. The molecular weight excluding hydrogens is 307 g/mol. The minimum absolute atomic E-state index is 0.00107. The van der Waals surface area contributed by atoms with Crippen molar-refractivity contribution < 1.29 is 14.0 Å². The molecule has 0 bridgehead atoms. The molecule has 2 aromatic carbocycles. The van der Waals surface area contributed by atoms with Crippen LogP contribution in [-0.2, 0) is 4.79 Å². The Morgan fingerprint density at radius 2 is 1.88 bits per heavy atom. The molecule has 1 unspecified atom stereocenters. The Balaban J connectivity index is 1.83. The molecule has 124 valence electrons. The van der Waals surface area contributed by atoms with E-state index >= 15 is 0 Å². The summed E-state index contributed by atoms with van der Waals surface area (Å²) < 4.78 is 13.9. The first-order valence-electron chi connectivity index (χ1n) is 7.92. The molecular formula is C19H19FN2O2. The standard InChI is InChI=1S/C19H19FN2O2/c1-13-6-5-7-15(12-13)22-11-10-21(14(2)18(22)23)19(24)16-8-3-4-9-17(16)20/h3-9,12,14H,10-11H2,1-2H3. The zero-order chi connectivity index (χ0) is 17.3. The maximum atomic E-state index is 13.9. The number of rotatable bonds is 2. The Labute approximate surface area is 140 Å². The van der Waals surface area contributed by atoms with Crippen molar-refractivity contribution in [2.75, 3.05) is 18.0 Å². The fraction of sp³-hybridized carbons (Fsp3) is 0.263. The van der Waals surface area contributed by atoms with Crippen molar-refractivity contribution in [3.8, 4) is 0 Å². The average Bonchev–Trinajstić information content (AvgIpc) is 2.57. The molecule has 1 heterocycles. The summed E-state index contributed by atoms with van der Waals surface area (Å²) in [5.41, 5.74) is 1.89. The van der Waals surface area contributed by atoms with Crippen molar-refractivity contribution in [1.29, 1.82) is 0 Å². The lowest BCUT2D eigenvalue weighted by atomic mass is 10.1. The molecule has 4 nitrogen and oxygen atoms in total. The van der Waals surface area contributed by atoms with Crippen molar-refractivity contribution in [2.45, 2.75) is 19.9 Å². The second kappa shape index (κ2) is 6.43. The number of halogens is 1. The van der Waals surface area contributed by atoms with Gasteiger partial charge < -0.3 is 9.80 Å².